The zero-order valence-electron chi connectivity index (χ0n) is 18.5. The molecule has 0 atom stereocenters. The Balaban J connectivity index is 1.54. The minimum absolute atomic E-state index is 0.836. The molecule has 5 heteroatoms. The van der Waals surface area contributed by atoms with Crippen molar-refractivity contribution in [2.45, 2.75) is 12.8 Å². The van der Waals surface area contributed by atoms with Crippen molar-refractivity contribution >= 4 is 17.3 Å². The van der Waals surface area contributed by atoms with Gasteiger partial charge >= 0.3 is 0 Å². The molecular formula is C27H27N3O2. The number of ether oxygens (including phenoxy) is 2. The lowest BCUT2D eigenvalue weighted by molar-refractivity contribution is 0.416. The Morgan fingerprint density at radius 2 is 1.44 bits per heavy atom. The number of aliphatic imine (C=N–C) groups is 1. The molecule has 3 aromatic carbocycles. The molecule has 3 aromatic rings. The van der Waals surface area contributed by atoms with Gasteiger partial charge in [-0.3, -0.25) is 9.89 Å². The SMILES string of the molecule is COc1ccccc1-c1ccc(C2=CN(c3ccccc3OC)C3=NCCCCN23)cc1. The number of guanidine groups is 1. The molecule has 0 bridgehead atoms. The normalized spacial score (nSPS) is 15.6. The fourth-order valence-electron chi connectivity index (χ4n) is 4.37. The van der Waals surface area contributed by atoms with Crippen LogP contribution in [0, 0.1) is 0 Å². The van der Waals surface area contributed by atoms with Gasteiger partial charge in [0.05, 0.1) is 25.6 Å². The van der Waals surface area contributed by atoms with Crippen molar-refractivity contribution in [2.24, 2.45) is 4.99 Å². The van der Waals surface area contributed by atoms with Crippen LogP contribution in [-0.4, -0.2) is 38.2 Å². The molecule has 0 N–H and O–H groups in total. The third-order valence-corrected chi connectivity index (χ3v) is 5.99. The summed E-state index contributed by atoms with van der Waals surface area (Å²) in [5.74, 6) is 2.68. The van der Waals surface area contributed by atoms with E-state index in [2.05, 4.69) is 52.4 Å². The number of para-hydroxylation sites is 3. The van der Waals surface area contributed by atoms with E-state index in [0.717, 1.165) is 71.5 Å². The number of fused-ring (bicyclic) bond motifs is 1. The Labute approximate surface area is 189 Å². The first-order valence-electron chi connectivity index (χ1n) is 11.0. The predicted molar refractivity (Wildman–Crippen MR) is 130 cm³/mol. The Morgan fingerprint density at radius 3 is 2.22 bits per heavy atom. The van der Waals surface area contributed by atoms with Crippen molar-refractivity contribution in [3.8, 4) is 22.6 Å². The number of hydrogen-bond donors (Lipinski definition) is 0. The van der Waals surface area contributed by atoms with Gasteiger partial charge in [-0.05, 0) is 42.2 Å². The summed E-state index contributed by atoms with van der Waals surface area (Å²) in [7, 11) is 3.42. The zero-order chi connectivity index (χ0) is 21.9. The standard InChI is InChI=1S/C27H27N3O2/c1-31-25-11-5-3-9-22(25)20-13-15-21(16-14-20)24-19-30(23-10-4-6-12-26(23)32-2)27-28-17-7-8-18-29(24)27/h3-6,9-16,19H,7-8,17-18H2,1-2H3. The highest BCUT2D eigenvalue weighted by Gasteiger charge is 2.32. The lowest BCUT2D eigenvalue weighted by atomic mass is 10.0. The summed E-state index contributed by atoms with van der Waals surface area (Å²) in [6.45, 7) is 1.79. The maximum absolute atomic E-state index is 5.64. The van der Waals surface area contributed by atoms with Crippen molar-refractivity contribution in [3.63, 3.8) is 0 Å². The lowest BCUT2D eigenvalue weighted by Crippen LogP contribution is -2.34. The van der Waals surface area contributed by atoms with Gasteiger partial charge < -0.3 is 14.4 Å². The van der Waals surface area contributed by atoms with Crippen LogP contribution in [0.4, 0.5) is 5.69 Å². The summed E-state index contributed by atoms with van der Waals surface area (Å²) in [6, 6.07) is 24.9. The van der Waals surface area contributed by atoms with Crippen LogP contribution in [-0.2, 0) is 0 Å². The van der Waals surface area contributed by atoms with Crippen LogP contribution in [0.5, 0.6) is 11.5 Å². The van der Waals surface area contributed by atoms with Crippen molar-refractivity contribution in [1.82, 2.24) is 4.90 Å². The highest BCUT2D eigenvalue weighted by molar-refractivity contribution is 6.08. The molecule has 2 heterocycles. The largest absolute Gasteiger partial charge is 0.496 e. The van der Waals surface area contributed by atoms with Crippen LogP contribution >= 0.6 is 0 Å². The molecule has 2 aliphatic heterocycles. The average Bonchev–Trinajstić information content (AvgIpc) is 3.04. The van der Waals surface area contributed by atoms with Gasteiger partial charge in [-0.15, -0.1) is 0 Å². The van der Waals surface area contributed by atoms with E-state index >= 15 is 0 Å². The third kappa shape index (κ3) is 3.60. The van der Waals surface area contributed by atoms with Gasteiger partial charge in [0.2, 0.25) is 5.96 Å². The van der Waals surface area contributed by atoms with E-state index in [9.17, 15) is 0 Å². The Morgan fingerprint density at radius 1 is 0.750 bits per heavy atom. The molecule has 5 nitrogen and oxygen atoms in total. The number of benzene rings is 3. The molecule has 0 saturated carbocycles. The van der Waals surface area contributed by atoms with E-state index in [4.69, 9.17) is 14.5 Å². The minimum atomic E-state index is 0.836. The van der Waals surface area contributed by atoms with E-state index in [1.807, 2.05) is 36.4 Å². The first-order chi connectivity index (χ1) is 15.8. The fourth-order valence-corrected chi connectivity index (χ4v) is 4.37. The van der Waals surface area contributed by atoms with Crippen LogP contribution in [0.25, 0.3) is 16.8 Å². The molecule has 162 valence electrons. The smallest absolute Gasteiger partial charge is 0.210 e. The summed E-state index contributed by atoms with van der Waals surface area (Å²) in [4.78, 5) is 9.42. The summed E-state index contributed by atoms with van der Waals surface area (Å²) in [5, 5.41) is 0. The van der Waals surface area contributed by atoms with E-state index < -0.39 is 0 Å². The van der Waals surface area contributed by atoms with Gasteiger partial charge in [0, 0.05) is 24.9 Å². The zero-order valence-corrected chi connectivity index (χ0v) is 18.5. The second-order valence-corrected chi connectivity index (χ2v) is 7.87. The molecule has 0 spiro atoms. The molecule has 0 saturated heterocycles. The second kappa shape index (κ2) is 8.79. The Kier molecular flexibility index (Phi) is 5.55. The molecule has 0 unspecified atom stereocenters. The van der Waals surface area contributed by atoms with Gasteiger partial charge in [0.1, 0.15) is 11.5 Å². The van der Waals surface area contributed by atoms with Crippen molar-refractivity contribution in [2.75, 3.05) is 32.2 Å². The monoisotopic (exact) mass is 425 g/mol. The number of hydrogen-bond acceptors (Lipinski definition) is 5. The highest BCUT2D eigenvalue weighted by Crippen LogP contribution is 2.38. The van der Waals surface area contributed by atoms with E-state index in [0.29, 0.717) is 0 Å². The number of nitrogens with zero attached hydrogens (tertiary/aromatic N) is 3. The summed E-state index contributed by atoms with van der Waals surface area (Å²) in [5.41, 5.74) is 5.55. The maximum atomic E-state index is 5.64. The Bertz CT molecular complexity index is 1170. The van der Waals surface area contributed by atoms with E-state index in [-0.39, 0.29) is 0 Å². The summed E-state index contributed by atoms with van der Waals surface area (Å²) in [6.07, 6.45) is 4.39. The molecule has 0 aromatic heterocycles. The van der Waals surface area contributed by atoms with Crippen molar-refractivity contribution < 1.29 is 9.47 Å². The molecule has 2 aliphatic rings. The summed E-state index contributed by atoms with van der Waals surface area (Å²) >= 11 is 0. The molecule has 32 heavy (non-hydrogen) atoms. The number of methoxy groups -OCH3 is 2. The average molecular weight is 426 g/mol. The van der Waals surface area contributed by atoms with Crippen LogP contribution in [0.3, 0.4) is 0 Å². The first kappa shape index (κ1) is 20.2. The van der Waals surface area contributed by atoms with Gasteiger partial charge in [-0.25, -0.2) is 0 Å². The molecule has 0 radical (unpaired) electrons. The van der Waals surface area contributed by atoms with Crippen molar-refractivity contribution in [1.29, 1.82) is 0 Å². The Hall–Kier alpha value is -3.73. The quantitative estimate of drug-likeness (QED) is 0.530. The second-order valence-electron chi connectivity index (χ2n) is 7.87. The van der Waals surface area contributed by atoms with Crippen LogP contribution < -0.4 is 14.4 Å². The van der Waals surface area contributed by atoms with Crippen LogP contribution in [0.1, 0.15) is 18.4 Å². The number of anilines is 1. The van der Waals surface area contributed by atoms with Gasteiger partial charge in [0.15, 0.2) is 0 Å². The van der Waals surface area contributed by atoms with Gasteiger partial charge in [-0.2, -0.15) is 0 Å². The fraction of sp³-hybridized carbons (Fsp3) is 0.222. The van der Waals surface area contributed by atoms with E-state index in [1.54, 1.807) is 14.2 Å². The van der Waals surface area contributed by atoms with Gasteiger partial charge in [0.25, 0.3) is 0 Å². The number of rotatable bonds is 5. The third-order valence-electron chi connectivity index (χ3n) is 5.99. The highest BCUT2D eigenvalue weighted by atomic mass is 16.5. The van der Waals surface area contributed by atoms with Gasteiger partial charge in [-0.1, -0.05) is 54.6 Å². The predicted octanol–water partition coefficient (Wildman–Crippen LogP) is 5.64. The van der Waals surface area contributed by atoms with E-state index in [1.165, 1.54) is 0 Å². The van der Waals surface area contributed by atoms with Crippen LogP contribution in [0.15, 0.2) is 84.0 Å². The minimum Gasteiger partial charge on any atom is -0.496 e. The maximum Gasteiger partial charge on any atom is 0.210 e. The topological polar surface area (TPSA) is 37.3 Å². The molecule has 0 aliphatic carbocycles. The van der Waals surface area contributed by atoms with Crippen LogP contribution in [0.2, 0.25) is 0 Å². The molecule has 5 rings (SSSR count). The van der Waals surface area contributed by atoms with Crippen molar-refractivity contribution in [3.05, 3.63) is 84.6 Å². The first-order valence-corrected chi connectivity index (χ1v) is 11.0. The lowest BCUT2D eigenvalue weighted by Gasteiger charge is -2.25. The molecule has 0 amide bonds. The molecule has 0 fully saturated rings. The molecular weight excluding hydrogens is 398 g/mol. The summed E-state index contributed by atoms with van der Waals surface area (Å²) < 4.78 is 11.2.